The molecule has 9 heteroatoms. The van der Waals surface area contributed by atoms with Crippen molar-refractivity contribution in [1.29, 1.82) is 0 Å². The van der Waals surface area contributed by atoms with Gasteiger partial charge in [-0.2, -0.15) is 0 Å². The maximum Gasteiger partial charge on any atom is 0.282 e. The molecule has 2 aromatic rings. The third-order valence-corrected chi connectivity index (χ3v) is 5.20. The van der Waals surface area contributed by atoms with E-state index in [0.717, 1.165) is 6.07 Å². The van der Waals surface area contributed by atoms with Gasteiger partial charge < -0.3 is 5.32 Å². The summed E-state index contributed by atoms with van der Waals surface area (Å²) in [6.07, 6.45) is 0. The van der Waals surface area contributed by atoms with Gasteiger partial charge in [-0.3, -0.25) is 29.4 Å². The van der Waals surface area contributed by atoms with Crippen molar-refractivity contribution in [2.45, 2.75) is 32.2 Å². The average Bonchev–Trinajstić information content (AvgIpc) is 2.96. The number of carbonyl (C=O) groups excluding carboxylic acids is 3. The van der Waals surface area contributed by atoms with Crippen molar-refractivity contribution in [3.8, 4) is 0 Å². The Morgan fingerprint density at radius 2 is 1.83 bits per heavy atom. The van der Waals surface area contributed by atoms with Crippen LogP contribution in [0.3, 0.4) is 0 Å². The van der Waals surface area contributed by atoms with E-state index in [9.17, 15) is 28.9 Å². The van der Waals surface area contributed by atoms with Gasteiger partial charge in [0.25, 0.3) is 17.5 Å². The number of halogens is 1. The van der Waals surface area contributed by atoms with Crippen molar-refractivity contribution in [3.63, 3.8) is 0 Å². The lowest BCUT2D eigenvalue weighted by atomic mass is 9.84. The van der Waals surface area contributed by atoms with Crippen LogP contribution in [0.4, 0.5) is 10.1 Å². The van der Waals surface area contributed by atoms with Gasteiger partial charge in [0.1, 0.15) is 17.4 Å². The maximum absolute atomic E-state index is 14.1. The Kier molecular flexibility index (Phi) is 5.39. The molecule has 3 amide bonds. The predicted molar refractivity (Wildman–Crippen MR) is 105 cm³/mol. The molecule has 0 radical (unpaired) electrons. The van der Waals surface area contributed by atoms with E-state index in [1.54, 1.807) is 32.0 Å². The van der Waals surface area contributed by atoms with Gasteiger partial charge in [0.05, 0.1) is 10.5 Å². The number of nitrogens with zero attached hydrogens (tertiary/aromatic N) is 2. The highest BCUT2D eigenvalue weighted by atomic mass is 19.1. The van der Waals surface area contributed by atoms with E-state index in [-0.39, 0.29) is 17.7 Å². The molecule has 0 bridgehead atoms. The number of imide groups is 1. The van der Waals surface area contributed by atoms with Gasteiger partial charge in [-0.1, -0.05) is 38.1 Å². The summed E-state index contributed by atoms with van der Waals surface area (Å²) in [4.78, 5) is 49.2. The smallest absolute Gasteiger partial charge is 0.282 e. The second-order valence-electron chi connectivity index (χ2n) is 7.69. The number of hydrogen-bond acceptors (Lipinski definition) is 5. The van der Waals surface area contributed by atoms with Crippen molar-refractivity contribution in [3.05, 3.63) is 75.1 Å². The zero-order valence-electron chi connectivity index (χ0n) is 16.6. The van der Waals surface area contributed by atoms with E-state index in [2.05, 4.69) is 5.32 Å². The summed E-state index contributed by atoms with van der Waals surface area (Å²) in [5, 5.41) is 13.9. The van der Waals surface area contributed by atoms with Gasteiger partial charge >= 0.3 is 0 Å². The topological polar surface area (TPSA) is 110 Å². The van der Waals surface area contributed by atoms with Gasteiger partial charge in [0.2, 0.25) is 5.91 Å². The molecule has 0 fully saturated rings. The second-order valence-corrected chi connectivity index (χ2v) is 7.69. The molecule has 0 aromatic heterocycles. The summed E-state index contributed by atoms with van der Waals surface area (Å²) in [5.41, 5.74) is -1.25. The number of nitro groups is 1. The van der Waals surface area contributed by atoms with Crippen molar-refractivity contribution >= 4 is 23.4 Å². The van der Waals surface area contributed by atoms with Crippen molar-refractivity contribution in [2.24, 2.45) is 0 Å². The highest BCUT2D eigenvalue weighted by Crippen LogP contribution is 2.32. The standard InChI is InChI=1S/C21H20FN3O5/c1-12(18(26)23-11-21(2,3)14-8-4-5-9-15(14)22)24-19(27)13-7-6-10-16(25(29)30)17(13)20(24)28/h4-10,12H,11H2,1-3H3,(H,23,26). The number of hydrogen-bond donors (Lipinski definition) is 1. The first-order valence-electron chi connectivity index (χ1n) is 9.24. The fourth-order valence-electron chi connectivity index (χ4n) is 3.47. The lowest BCUT2D eigenvalue weighted by Gasteiger charge is -2.28. The number of nitro benzene ring substituents is 1. The van der Waals surface area contributed by atoms with Gasteiger partial charge in [-0.25, -0.2) is 4.39 Å². The summed E-state index contributed by atoms with van der Waals surface area (Å²) in [5.74, 6) is -2.69. The molecular weight excluding hydrogens is 393 g/mol. The maximum atomic E-state index is 14.1. The van der Waals surface area contributed by atoms with Gasteiger partial charge in [-0.15, -0.1) is 0 Å². The van der Waals surface area contributed by atoms with E-state index in [1.165, 1.54) is 25.1 Å². The number of amides is 3. The molecule has 30 heavy (non-hydrogen) atoms. The van der Waals surface area contributed by atoms with E-state index < -0.39 is 45.6 Å². The van der Waals surface area contributed by atoms with Crippen LogP contribution < -0.4 is 5.32 Å². The Morgan fingerprint density at radius 3 is 2.47 bits per heavy atom. The Labute approximate surface area is 171 Å². The van der Waals surface area contributed by atoms with E-state index in [0.29, 0.717) is 10.5 Å². The first-order valence-corrected chi connectivity index (χ1v) is 9.24. The molecule has 1 heterocycles. The zero-order valence-corrected chi connectivity index (χ0v) is 16.6. The Bertz CT molecular complexity index is 1070. The predicted octanol–water partition coefficient (Wildman–Crippen LogP) is 2.81. The number of carbonyl (C=O) groups is 3. The third-order valence-electron chi connectivity index (χ3n) is 5.20. The van der Waals surface area contributed by atoms with Crippen molar-refractivity contribution in [2.75, 3.05) is 6.54 Å². The highest BCUT2D eigenvalue weighted by molar-refractivity contribution is 6.24. The van der Waals surface area contributed by atoms with E-state index in [4.69, 9.17) is 0 Å². The lowest BCUT2D eigenvalue weighted by molar-refractivity contribution is -0.385. The lowest BCUT2D eigenvalue weighted by Crippen LogP contribution is -2.50. The summed E-state index contributed by atoms with van der Waals surface area (Å²) in [6, 6.07) is 8.76. The van der Waals surface area contributed by atoms with Crippen LogP contribution in [0.25, 0.3) is 0 Å². The molecule has 2 aromatic carbocycles. The van der Waals surface area contributed by atoms with Crippen molar-refractivity contribution in [1.82, 2.24) is 10.2 Å². The minimum Gasteiger partial charge on any atom is -0.353 e. The first kappa shape index (κ1) is 21.1. The number of fused-ring (bicyclic) bond motifs is 1. The van der Waals surface area contributed by atoms with Gasteiger partial charge in [0, 0.05) is 18.0 Å². The molecule has 1 aliphatic rings. The first-order chi connectivity index (χ1) is 14.1. The normalized spacial score (nSPS) is 14.5. The molecule has 0 saturated heterocycles. The highest BCUT2D eigenvalue weighted by Gasteiger charge is 2.45. The van der Waals surface area contributed by atoms with Crippen LogP contribution in [-0.2, 0) is 10.2 Å². The molecule has 0 spiro atoms. The molecule has 1 N–H and O–H groups in total. The Balaban J connectivity index is 1.78. The molecule has 156 valence electrons. The molecule has 1 unspecified atom stereocenters. The van der Waals surface area contributed by atoms with Crippen LogP contribution in [0.2, 0.25) is 0 Å². The number of nitrogens with one attached hydrogen (secondary N) is 1. The summed E-state index contributed by atoms with van der Waals surface area (Å²) in [6.45, 7) is 4.92. The van der Waals surface area contributed by atoms with Crippen LogP contribution in [0.1, 0.15) is 47.1 Å². The Hall–Kier alpha value is -3.62. The molecular formula is C21H20FN3O5. The summed E-state index contributed by atoms with van der Waals surface area (Å²) >= 11 is 0. The fourth-order valence-corrected chi connectivity index (χ4v) is 3.47. The summed E-state index contributed by atoms with van der Waals surface area (Å²) in [7, 11) is 0. The average molecular weight is 413 g/mol. The van der Waals surface area contributed by atoms with E-state index >= 15 is 0 Å². The minimum atomic E-state index is -1.20. The molecule has 1 aliphatic heterocycles. The molecule has 0 saturated carbocycles. The van der Waals surface area contributed by atoms with Gasteiger partial charge in [-0.05, 0) is 24.6 Å². The second kappa shape index (κ2) is 7.66. The minimum absolute atomic E-state index is 0.0560. The zero-order chi connectivity index (χ0) is 22.2. The third kappa shape index (κ3) is 3.54. The van der Waals surface area contributed by atoms with Crippen LogP contribution in [0, 0.1) is 15.9 Å². The van der Waals surface area contributed by atoms with Crippen LogP contribution in [0.15, 0.2) is 42.5 Å². The number of rotatable bonds is 6. The quantitative estimate of drug-likeness (QED) is 0.445. The van der Waals surface area contributed by atoms with Crippen molar-refractivity contribution < 1.29 is 23.7 Å². The SMILES string of the molecule is CC(C(=O)NCC(C)(C)c1ccccc1F)N1C(=O)c2cccc([N+](=O)[O-])c2C1=O. The Morgan fingerprint density at radius 1 is 1.17 bits per heavy atom. The monoisotopic (exact) mass is 413 g/mol. The largest absolute Gasteiger partial charge is 0.353 e. The van der Waals surface area contributed by atoms with Gasteiger partial charge in [0.15, 0.2) is 0 Å². The molecule has 0 aliphatic carbocycles. The molecule has 3 rings (SSSR count). The van der Waals surface area contributed by atoms with E-state index in [1.807, 2.05) is 0 Å². The molecule has 1 atom stereocenters. The fraction of sp³-hybridized carbons (Fsp3) is 0.286. The van der Waals surface area contributed by atoms with Crippen LogP contribution in [0.5, 0.6) is 0 Å². The number of benzene rings is 2. The molecule has 8 nitrogen and oxygen atoms in total. The van der Waals surface area contributed by atoms with Crippen LogP contribution >= 0.6 is 0 Å². The van der Waals surface area contributed by atoms with Crippen LogP contribution in [-0.4, -0.2) is 40.1 Å². The summed E-state index contributed by atoms with van der Waals surface area (Å²) < 4.78 is 14.1.